The Balaban J connectivity index is 2.25. The quantitative estimate of drug-likeness (QED) is 0.652. The van der Waals surface area contributed by atoms with Crippen LogP contribution in [-0.4, -0.2) is 25.6 Å². The highest BCUT2D eigenvalue weighted by atomic mass is 16.5. The van der Waals surface area contributed by atoms with Crippen molar-refractivity contribution >= 4 is 5.78 Å². The summed E-state index contributed by atoms with van der Waals surface area (Å²) in [6.07, 6.45) is 4.14. The van der Waals surface area contributed by atoms with Gasteiger partial charge in [-0.25, -0.2) is 0 Å². The van der Waals surface area contributed by atoms with Crippen LogP contribution in [0, 0.1) is 0 Å². The first-order valence-corrected chi connectivity index (χ1v) is 4.63. The molecule has 1 aliphatic rings. The number of ketones is 1. The Labute approximate surface area is 78.7 Å². The molecular weight excluding hydrogens is 168 g/mol. The van der Waals surface area contributed by atoms with Gasteiger partial charge in [-0.2, -0.15) is 0 Å². The van der Waals surface area contributed by atoms with Gasteiger partial charge in [-0.3, -0.25) is 4.79 Å². The second-order valence-corrected chi connectivity index (χ2v) is 3.21. The molecular formula is C10H16O3. The summed E-state index contributed by atoms with van der Waals surface area (Å²) in [7, 11) is 1.65. The zero-order valence-corrected chi connectivity index (χ0v) is 8.21. The minimum Gasteiger partial charge on any atom is -0.490 e. The van der Waals surface area contributed by atoms with E-state index in [0.717, 1.165) is 12.8 Å². The largest absolute Gasteiger partial charge is 0.490 e. The number of carbonyl (C=O) groups is 1. The third-order valence-electron chi connectivity index (χ3n) is 2.16. The summed E-state index contributed by atoms with van der Waals surface area (Å²) in [6, 6.07) is 0. The Morgan fingerprint density at radius 2 is 2.54 bits per heavy atom. The lowest BCUT2D eigenvalue weighted by Crippen LogP contribution is -2.10. The van der Waals surface area contributed by atoms with Gasteiger partial charge in [0.15, 0.2) is 11.5 Å². The standard InChI is InChI=1S/C10H16O3/c1-8(12-2)5-6-9(11)10-4-3-7-13-10/h4,8H,3,5-7H2,1-2H3. The average molecular weight is 184 g/mol. The van der Waals surface area contributed by atoms with E-state index in [1.165, 1.54) is 0 Å². The van der Waals surface area contributed by atoms with Gasteiger partial charge >= 0.3 is 0 Å². The fourth-order valence-electron chi connectivity index (χ4n) is 1.19. The molecule has 0 aromatic carbocycles. The van der Waals surface area contributed by atoms with Crippen LogP contribution in [0.2, 0.25) is 0 Å². The van der Waals surface area contributed by atoms with Crippen LogP contribution < -0.4 is 0 Å². The topological polar surface area (TPSA) is 35.5 Å². The zero-order chi connectivity index (χ0) is 9.68. The maximum absolute atomic E-state index is 11.4. The molecule has 0 N–H and O–H groups in total. The van der Waals surface area contributed by atoms with Crippen LogP contribution in [0.15, 0.2) is 11.8 Å². The maximum atomic E-state index is 11.4. The fourth-order valence-corrected chi connectivity index (χ4v) is 1.19. The summed E-state index contributed by atoms with van der Waals surface area (Å²) in [5, 5.41) is 0. The Hall–Kier alpha value is -0.830. The minimum atomic E-state index is 0.0985. The van der Waals surface area contributed by atoms with E-state index in [2.05, 4.69) is 0 Å². The number of carbonyl (C=O) groups excluding carboxylic acids is 1. The molecule has 0 aromatic heterocycles. The Morgan fingerprint density at radius 1 is 1.77 bits per heavy atom. The molecule has 13 heavy (non-hydrogen) atoms. The van der Waals surface area contributed by atoms with E-state index < -0.39 is 0 Å². The number of ether oxygens (including phenoxy) is 2. The molecule has 0 amide bonds. The van der Waals surface area contributed by atoms with Crippen LogP contribution in [0.5, 0.6) is 0 Å². The fraction of sp³-hybridized carbons (Fsp3) is 0.700. The molecule has 1 aliphatic heterocycles. The maximum Gasteiger partial charge on any atom is 0.197 e. The van der Waals surface area contributed by atoms with Crippen molar-refractivity contribution in [1.29, 1.82) is 0 Å². The monoisotopic (exact) mass is 184 g/mol. The first-order chi connectivity index (χ1) is 6.24. The first-order valence-electron chi connectivity index (χ1n) is 4.63. The van der Waals surface area contributed by atoms with Crippen molar-refractivity contribution in [3.63, 3.8) is 0 Å². The second kappa shape index (κ2) is 5.02. The molecule has 0 saturated heterocycles. The number of Topliss-reactive ketones (excluding diaryl/α,β-unsaturated/α-hetero) is 1. The first kappa shape index (κ1) is 10.3. The Bertz CT molecular complexity index is 208. The van der Waals surface area contributed by atoms with Gasteiger partial charge in [0.1, 0.15) is 0 Å². The molecule has 1 unspecified atom stereocenters. The molecule has 1 heterocycles. The predicted octanol–water partition coefficient (Wildman–Crippen LogP) is 1.67. The molecule has 3 heteroatoms. The van der Waals surface area contributed by atoms with Crippen LogP contribution in [0.25, 0.3) is 0 Å². The third kappa shape index (κ3) is 3.19. The van der Waals surface area contributed by atoms with Crippen molar-refractivity contribution in [3.8, 4) is 0 Å². The normalized spacial score (nSPS) is 17.8. The van der Waals surface area contributed by atoms with Crippen molar-refractivity contribution in [3.05, 3.63) is 11.8 Å². The van der Waals surface area contributed by atoms with E-state index in [0.29, 0.717) is 18.8 Å². The third-order valence-corrected chi connectivity index (χ3v) is 2.16. The number of rotatable bonds is 5. The Morgan fingerprint density at radius 3 is 3.08 bits per heavy atom. The number of allylic oxidation sites excluding steroid dienone is 1. The van der Waals surface area contributed by atoms with Gasteiger partial charge in [0.2, 0.25) is 0 Å². The number of methoxy groups -OCH3 is 1. The molecule has 1 atom stereocenters. The van der Waals surface area contributed by atoms with Crippen molar-refractivity contribution in [2.24, 2.45) is 0 Å². The highest BCUT2D eigenvalue weighted by molar-refractivity contribution is 5.93. The molecule has 1 rings (SSSR count). The van der Waals surface area contributed by atoms with Crippen LogP contribution in [0.4, 0.5) is 0 Å². The molecule has 0 aromatic rings. The van der Waals surface area contributed by atoms with Gasteiger partial charge in [0, 0.05) is 20.0 Å². The zero-order valence-electron chi connectivity index (χ0n) is 8.21. The summed E-state index contributed by atoms with van der Waals surface area (Å²) < 4.78 is 10.2. The molecule has 0 aliphatic carbocycles. The van der Waals surface area contributed by atoms with Crippen molar-refractivity contribution < 1.29 is 14.3 Å². The smallest absolute Gasteiger partial charge is 0.197 e. The van der Waals surface area contributed by atoms with Gasteiger partial charge in [0.05, 0.1) is 12.7 Å². The lowest BCUT2D eigenvalue weighted by Gasteiger charge is -2.08. The summed E-state index contributed by atoms with van der Waals surface area (Å²) in [4.78, 5) is 11.4. The van der Waals surface area contributed by atoms with E-state index in [1.54, 1.807) is 7.11 Å². The molecule has 0 fully saturated rings. The van der Waals surface area contributed by atoms with Crippen LogP contribution in [-0.2, 0) is 14.3 Å². The van der Waals surface area contributed by atoms with E-state index in [1.807, 2.05) is 13.0 Å². The minimum absolute atomic E-state index is 0.0985. The summed E-state index contributed by atoms with van der Waals surface area (Å²) >= 11 is 0. The average Bonchev–Trinajstić information content (AvgIpc) is 2.66. The van der Waals surface area contributed by atoms with Crippen LogP contribution in [0.1, 0.15) is 26.2 Å². The van der Waals surface area contributed by atoms with Crippen molar-refractivity contribution in [2.45, 2.75) is 32.3 Å². The number of hydrogen-bond acceptors (Lipinski definition) is 3. The van der Waals surface area contributed by atoms with Crippen molar-refractivity contribution in [1.82, 2.24) is 0 Å². The lowest BCUT2D eigenvalue weighted by molar-refractivity contribution is -0.119. The van der Waals surface area contributed by atoms with Crippen molar-refractivity contribution in [2.75, 3.05) is 13.7 Å². The van der Waals surface area contributed by atoms with Gasteiger partial charge in [-0.05, 0) is 19.4 Å². The van der Waals surface area contributed by atoms with Crippen LogP contribution >= 0.6 is 0 Å². The SMILES string of the molecule is COC(C)CCC(=O)C1=CCCO1. The van der Waals surface area contributed by atoms with Gasteiger partial charge in [0.25, 0.3) is 0 Å². The molecule has 74 valence electrons. The second-order valence-electron chi connectivity index (χ2n) is 3.21. The molecule has 0 spiro atoms. The van der Waals surface area contributed by atoms with Gasteiger partial charge in [-0.15, -0.1) is 0 Å². The Kier molecular flexibility index (Phi) is 3.96. The molecule has 0 saturated carbocycles. The van der Waals surface area contributed by atoms with E-state index in [9.17, 15) is 4.79 Å². The summed E-state index contributed by atoms with van der Waals surface area (Å²) in [5.41, 5.74) is 0. The van der Waals surface area contributed by atoms with E-state index >= 15 is 0 Å². The highest BCUT2D eigenvalue weighted by Gasteiger charge is 2.15. The van der Waals surface area contributed by atoms with Gasteiger partial charge < -0.3 is 9.47 Å². The number of hydrogen-bond donors (Lipinski definition) is 0. The van der Waals surface area contributed by atoms with Gasteiger partial charge in [-0.1, -0.05) is 0 Å². The molecule has 3 nitrogen and oxygen atoms in total. The van der Waals surface area contributed by atoms with E-state index in [-0.39, 0.29) is 11.9 Å². The van der Waals surface area contributed by atoms with Crippen LogP contribution in [0.3, 0.4) is 0 Å². The molecule has 0 bridgehead atoms. The predicted molar refractivity (Wildman–Crippen MR) is 49.4 cm³/mol. The summed E-state index contributed by atoms with van der Waals surface area (Å²) in [5.74, 6) is 0.643. The molecule has 0 radical (unpaired) electrons. The highest BCUT2D eigenvalue weighted by Crippen LogP contribution is 2.13. The lowest BCUT2D eigenvalue weighted by atomic mass is 10.1. The summed E-state index contributed by atoms with van der Waals surface area (Å²) in [6.45, 7) is 2.61. The van der Waals surface area contributed by atoms with E-state index in [4.69, 9.17) is 9.47 Å².